The molecule has 4 rings (SSSR count). The minimum absolute atomic E-state index is 0.226. The van der Waals surface area contributed by atoms with E-state index in [0.29, 0.717) is 28.2 Å². The number of furan rings is 1. The van der Waals surface area contributed by atoms with Crippen LogP contribution in [0, 0.1) is 0 Å². The Labute approximate surface area is 151 Å². The van der Waals surface area contributed by atoms with Gasteiger partial charge in [0, 0.05) is 16.1 Å². The number of fused-ring (bicyclic) bond motifs is 1. The molecule has 25 heavy (non-hydrogen) atoms. The standard InChI is InChI=1S/C19H12BrN3O2/c20-12-5-6-14-15(19(24)22-13-3-1-7-21-11-13)10-17(23-16(14)9-12)18-4-2-8-25-18/h1-11H,(H,22,24). The number of benzene rings is 1. The number of anilines is 1. The van der Waals surface area contributed by atoms with E-state index in [1.807, 2.05) is 24.3 Å². The Kier molecular flexibility index (Phi) is 4.03. The van der Waals surface area contributed by atoms with Gasteiger partial charge in [0.1, 0.15) is 5.69 Å². The van der Waals surface area contributed by atoms with E-state index >= 15 is 0 Å². The summed E-state index contributed by atoms with van der Waals surface area (Å²) < 4.78 is 6.33. The maximum atomic E-state index is 12.8. The number of carbonyl (C=O) groups is 1. The second-order valence-electron chi connectivity index (χ2n) is 5.39. The Balaban J connectivity index is 1.84. The number of nitrogens with zero attached hydrogens (tertiary/aromatic N) is 2. The number of hydrogen-bond acceptors (Lipinski definition) is 4. The van der Waals surface area contributed by atoms with E-state index in [9.17, 15) is 4.79 Å². The number of aromatic nitrogens is 2. The van der Waals surface area contributed by atoms with Crippen LogP contribution >= 0.6 is 15.9 Å². The van der Waals surface area contributed by atoms with Crippen molar-refractivity contribution < 1.29 is 9.21 Å². The van der Waals surface area contributed by atoms with Crippen molar-refractivity contribution in [2.24, 2.45) is 0 Å². The van der Waals surface area contributed by atoms with E-state index in [0.717, 1.165) is 9.86 Å². The fraction of sp³-hybridized carbons (Fsp3) is 0. The monoisotopic (exact) mass is 393 g/mol. The van der Waals surface area contributed by atoms with E-state index in [-0.39, 0.29) is 5.91 Å². The van der Waals surface area contributed by atoms with Crippen LogP contribution in [0.15, 0.2) is 76.1 Å². The molecular weight excluding hydrogens is 382 g/mol. The fourth-order valence-corrected chi connectivity index (χ4v) is 2.92. The van der Waals surface area contributed by atoms with E-state index in [4.69, 9.17) is 4.42 Å². The molecule has 0 radical (unpaired) electrons. The molecule has 0 aliphatic heterocycles. The highest BCUT2D eigenvalue weighted by molar-refractivity contribution is 9.10. The van der Waals surface area contributed by atoms with Crippen molar-refractivity contribution in [1.29, 1.82) is 0 Å². The molecule has 1 amide bonds. The zero-order chi connectivity index (χ0) is 17.2. The summed E-state index contributed by atoms with van der Waals surface area (Å²) in [6.45, 7) is 0. The molecule has 1 aromatic carbocycles. The quantitative estimate of drug-likeness (QED) is 0.537. The molecule has 3 aromatic heterocycles. The molecule has 4 aromatic rings. The smallest absolute Gasteiger partial charge is 0.256 e. The maximum Gasteiger partial charge on any atom is 0.256 e. The molecule has 0 aliphatic rings. The lowest BCUT2D eigenvalue weighted by atomic mass is 10.1. The Morgan fingerprint density at radius 1 is 1.12 bits per heavy atom. The normalized spacial score (nSPS) is 10.8. The molecule has 5 nitrogen and oxygen atoms in total. The SMILES string of the molecule is O=C(Nc1cccnc1)c1cc(-c2ccco2)nc2cc(Br)ccc12. The molecule has 0 spiro atoms. The summed E-state index contributed by atoms with van der Waals surface area (Å²) in [7, 11) is 0. The molecule has 0 fully saturated rings. The van der Waals surface area contributed by atoms with Crippen molar-refractivity contribution >= 4 is 38.4 Å². The minimum atomic E-state index is -0.226. The average molecular weight is 394 g/mol. The van der Waals surface area contributed by atoms with Gasteiger partial charge in [-0.15, -0.1) is 0 Å². The number of pyridine rings is 2. The van der Waals surface area contributed by atoms with Gasteiger partial charge in [-0.3, -0.25) is 9.78 Å². The number of nitrogens with one attached hydrogen (secondary N) is 1. The molecule has 0 bridgehead atoms. The van der Waals surface area contributed by atoms with Crippen LogP contribution in [-0.4, -0.2) is 15.9 Å². The Hall–Kier alpha value is -2.99. The molecule has 0 aliphatic carbocycles. The van der Waals surface area contributed by atoms with Crippen LogP contribution in [0.25, 0.3) is 22.4 Å². The van der Waals surface area contributed by atoms with Gasteiger partial charge >= 0.3 is 0 Å². The lowest BCUT2D eigenvalue weighted by molar-refractivity contribution is 0.102. The molecule has 3 heterocycles. The highest BCUT2D eigenvalue weighted by Gasteiger charge is 2.15. The zero-order valence-electron chi connectivity index (χ0n) is 12.9. The van der Waals surface area contributed by atoms with Crippen LogP contribution in [0.1, 0.15) is 10.4 Å². The molecule has 0 saturated carbocycles. The fourth-order valence-electron chi connectivity index (χ4n) is 2.58. The largest absolute Gasteiger partial charge is 0.463 e. The first-order valence-electron chi connectivity index (χ1n) is 7.56. The summed E-state index contributed by atoms with van der Waals surface area (Å²) >= 11 is 3.45. The Bertz CT molecular complexity index is 1050. The first-order valence-corrected chi connectivity index (χ1v) is 8.35. The molecule has 1 N–H and O–H groups in total. The van der Waals surface area contributed by atoms with Crippen LogP contribution in [0.3, 0.4) is 0 Å². The topological polar surface area (TPSA) is 68.0 Å². The molecule has 0 saturated heterocycles. The lowest BCUT2D eigenvalue weighted by Gasteiger charge is -2.10. The molecule has 6 heteroatoms. The number of halogens is 1. The van der Waals surface area contributed by atoms with Gasteiger partial charge in [0.25, 0.3) is 5.91 Å². The summed E-state index contributed by atoms with van der Waals surface area (Å²) in [4.78, 5) is 21.5. The van der Waals surface area contributed by atoms with Crippen molar-refractivity contribution in [3.63, 3.8) is 0 Å². The highest BCUT2D eigenvalue weighted by atomic mass is 79.9. The summed E-state index contributed by atoms with van der Waals surface area (Å²) in [5.74, 6) is 0.382. The van der Waals surface area contributed by atoms with Gasteiger partial charge in [0.05, 0.1) is 29.2 Å². The lowest BCUT2D eigenvalue weighted by Crippen LogP contribution is -2.13. The van der Waals surface area contributed by atoms with Gasteiger partial charge in [0.2, 0.25) is 0 Å². The third kappa shape index (κ3) is 3.16. The number of carbonyl (C=O) groups excluding carboxylic acids is 1. The van der Waals surface area contributed by atoms with Crippen LogP contribution in [0.5, 0.6) is 0 Å². The van der Waals surface area contributed by atoms with Crippen LogP contribution in [0.2, 0.25) is 0 Å². The number of rotatable bonds is 3. The first-order chi connectivity index (χ1) is 12.2. The molecule has 122 valence electrons. The first kappa shape index (κ1) is 15.5. The Morgan fingerprint density at radius 3 is 2.80 bits per heavy atom. The van der Waals surface area contributed by atoms with Crippen molar-refractivity contribution in [2.45, 2.75) is 0 Å². The summed E-state index contributed by atoms with van der Waals surface area (Å²) in [5.41, 5.74) is 2.47. The van der Waals surface area contributed by atoms with Crippen LogP contribution in [-0.2, 0) is 0 Å². The summed E-state index contributed by atoms with van der Waals surface area (Å²) in [5, 5.41) is 3.63. The van der Waals surface area contributed by atoms with Crippen molar-refractivity contribution in [3.8, 4) is 11.5 Å². The van der Waals surface area contributed by atoms with E-state index in [2.05, 4.69) is 31.2 Å². The van der Waals surface area contributed by atoms with E-state index in [1.54, 1.807) is 42.9 Å². The second-order valence-corrected chi connectivity index (χ2v) is 6.31. The van der Waals surface area contributed by atoms with E-state index in [1.165, 1.54) is 0 Å². The zero-order valence-corrected chi connectivity index (χ0v) is 14.5. The molecular formula is C19H12BrN3O2. The van der Waals surface area contributed by atoms with Crippen molar-refractivity contribution in [1.82, 2.24) is 9.97 Å². The molecule has 0 unspecified atom stereocenters. The van der Waals surface area contributed by atoms with Crippen molar-refractivity contribution in [2.75, 3.05) is 5.32 Å². The third-order valence-corrected chi connectivity index (χ3v) is 4.20. The van der Waals surface area contributed by atoms with Gasteiger partial charge in [-0.2, -0.15) is 0 Å². The van der Waals surface area contributed by atoms with Gasteiger partial charge in [-0.05, 0) is 42.5 Å². The van der Waals surface area contributed by atoms with Crippen LogP contribution < -0.4 is 5.32 Å². The third-order valence-electron chi connectivity index (χ3n) is 3.71. The van der Waals surface area contributed by atoms with Gasteiger partial charge in [0.15, 0.2) is 5.76 Å². The number of hydrogen-bond donors (Lipinski definition) is 1. The highest BCUT2D eigenvalue weighted by Crippen LogP contribution is 2.27. The van der Waals surface area contributed by atoms with Crippen molar-refractivity contribution in [3.05, 3.63) is 77.2 Å². The van der Waals surface area contributed by atoms with Gasteiger partial charge < -0.3 is 9.73 Å². The predicted octanol–water partition coefficient (Wildman–Crippen LogP) is 4.90. The summed E-state index contributed by atoms with van der Waals surface area (Å²) in [6, 6.07) is 14.5. The van der Waals surface area contributed by atoms with E-state index < -0.39 is 0 Å². The van der Waals surface area contributed by atoms with Crippen LogP contribution in [0.4, 0.5) is 5.69 Å². The number of amides is 1. The van der Waals surface area contributed by atoms with Gasteiger partial charge in [-0.25, -0.2) is 4.98 Å². The Morgan fingerprint density at radius 2 is 2.04 bits per heavy atom. The molecule has 0 atom stereocenters. The maximum absolute atomic E-state index is 12.8. The average Bonchev–Trinajstić information content (AvgIpc) is 3.16. The van der Waals surface area contributed by atoms with Gasteiger partial charge in [-0.1, -0.05) is 22.0 Å². The second kappa shape index (κ2) is 6.49. The minimum Gasteiger partial charge on any atom is -0.463 e. The predicted molar refractivity (Wildman–Crippen MR) is 99.3 cm³/mol. The summed E-state index contributed by atoms with van der Waals surface area (Å²) in [6.07, 6.45) is 4.84.